The lowest BCUT2D eigenvalue weighted by molar-refractivity contribution is -0.120. The minimum atomic E-state index is 0.491. The molecule has 0 aliphatic heterocycles. The van der Waals surface area contributed by atoms with Crippen LogP contribution in [0.5, 0.6) is 0 Å². The Morgan fingerprint density at radius 2 is 1.93 bits per heavy atom. The molecule has 84 valence electrons. The molecule has 0 aromatic heterocycles. The largest absolute Gasteiger partial charge is 0.299 e. The molecule has 2 bridgehead atoms. The van der Waals surface area contributed by atoms with Gasteiger partial charge in [-0.2, -0.15) is 0 Å². The lowest BCUT2D eigenvalue weighted by atomic mass is 9.85. The molecule has 0 spiro atoms. The van der Waals surface area contributed by atoms with Crippen LogP contribution in [0.15, 0.2) is 0 Å². The van der Waals surface area contributed by atoms with Gasteiger partial charge in [-0.15, -0.1) is 0 Å². The van der Waals surface area contributed by atoms with Gasteiger partial charge in [0, 0.05) is 12.3 Å². The Kier molecular flexibility index (Phi) is 2.58. The molecule has 15 heavy (non-hydrogen) atoms. The summed E-state index contributed by atoms with van der Waals surface area (Å²) < 4.78 is 0. The fourth-order valence-corrected chi connectivity index (χ4v) is 3.88. The van der Waals surface area contributed by atoms with Crippen LogP contribution in [-0.4, -0.2) is 5.78 Å². The molecule has 1 nitrogen and oxygen atoms in total. The predicted molar refractivity (Wildman–Crippen MR) is 60.5 cm³/mol. The average Bonchev–Trinajstić information content (AvgIpc) is 2.90. The first-order chi connectivity index (χ1) is 7.33. The van der Waals surface area contributed by atoms with E-state index in [-0.39, 0.29) is 0 Å². The summed E-state index contributed by atoms with van der Waals surface area (Å²) in [6, 6.07) is 0. The van der Waals surface area contributed by atoms with Crippen LogP contribution in [-0.2, 0) is 4.79 Å². The maximum atomic E-state index is 11.5. The SMILES string of the molecule is O=C(CCCC1CC2CCC1C2)C1CC1. The first-order valence-electron chi connectivity index (χ1n) is 6.85. The summed E-state index contributed by atoms with van der Waals surface area (Å²) in [4.78, 5) is 11.5. The number of hydrogen-bond donors (Lipinski definition) is 0. The molecule has 3 atom stereocenters. The Labute approximate surface area is 92.6 Å². The minimum absolute atomic E-state index is 0.491. The number of Topliss-reactive ketones (excluding diaryl/α,β-unsaturated/α-hetero) is 1. The monoisotopic (exact) mass is 206 g/mol. The van der Waals surface area contributed by atoms with Crippen LogP contribution in [0.2, 0.25) is 0 Å². The van der Waals surface area contributed by atoms with Crippen LogP contribution < -0.4 is 0 Å². The van der Waals surface area contributed by atoms with Crippen LogP contribution in [0.3, 0.4) is 0 Å². The number of carbonyl (C=O) groups is 1. The van der Waals surface area contributed by atoms with Crippen molar-refractivity contribution in [2.24, 2.45) is 23.7 Å². The molecule has 0 N–H and O–H groups in total. The van der Waals surface area contributed by atoms with Gasteiger partial charge in [0.15, 0.2) is 0 Å². The van der Waals surface area contributed by atoms with E-state index < -0.39 is 0 Å². The maximum absolute atomic E-state index is 11.5. The molecule has 3 unspecified atom stereocenters. The van der Waals surface area contributed by atoms with Gasteiger partial charge in [0.2, 0.25) is 0 Å². The van der Waals surface area contributed by atoms with Gasteiger partial charge in [-0.3, -0.25) is 4.79 Å². The first-order valence-corrected chi connectivity index (χ1v) is 6.85. The zero-order chi connectivity index (χ0) is 10.3. The van der Waals surface area contributed by atoms with E-state index in [1.165, 1.54) is 51.4 Å². The van der Waals surface area contributed by atoms with E-state index in [9.17, 15) is 4.79 Å². The Morgan fingerprint density at radius 3 is 2.53 bits per heavy atom. The van der Waals surface area contributed by atoms with E-state index in [2.05, 4.69) is 0 Å². The molecule has 0 heterocycles. The number of ketones is 1. The van der Waals surface area contributed by atoms with Gasteiger partial charge in [0.1, 0.15) is 5.78 Å². The molecule has 3 fully saturated rings. The molecular weight excluding hydrogens is 184 g/mol. The molecule has 0 radical (unpaired) electrons. The topological polar surface area (TPSA) is 17.1 Å². The second-order valence-electron chi connectivity index (χ2n) is 6.07. The molecule has 0 aromatic carbocycles. The molecule has 1 heteroatoms. The lowest BCUT2D eigenvalue weighted by Gasteiger charge is -2.21. The summed E-state index contributed by atoms with van der Waals surface area (Å²) in [5, 5.41) is 0. The zero-order valence-corrected chi connectivity index (χ0v) is 9.58. The van der Waals surface area contributed by atoms with Crippen molar-refractivity contribution in [2.45, 2.75) is 57.8 Å². The van der Waals surface area contributed by atoms with Crippen LogP contribution >= 0.6 is 0 Å². The third-order valence-electron chi connectivity index (χ3n) is 4.92. The molecular formula is C14H22O. The van der Waals surface area contributed by atoms with Crippen molar-refractivity contribution in [3.8, 4) is 0 Å². The van der Waals surface area contributed by atoms with Crippen molar-refractivity contribution in [1.29, 1.82) is 0 Å². The second kappa shape index (κ2) is 3.92. The zero-order valence-electron chi connectivity index (χ0n) is 9.58. The maximum Gasteiger partial charge on any atom is 0.135 e. The van der Waals surface area contributed by atoms with Gasteiger partial charge < -0.3 is 0 Å². The standard InChI is InChI=1S/C14H22O/c15-14(11-6-7-11)3-1-2-12-8-10-4-5-13(12)9-10/h10-13H,1-9H2. The smallest absolute Gasteiger partial charge is 0.135 e. The summed E-state index contributed by atoms with van der Waals surface area (Å²) in [6.07, 6.45) is 11.8. The fourth-order valence-electron chi connectivity index (χ4n) is 3.88. The first kappa shape index (κ1) is 9.86. The summed E-state index contributed by atoms with van der Waals surface area (Å²) in [7, 11) is 0. The Bertz CT molecular complexity index is 254. The van der Waals surface area contributed by atoms with Gasteiger partial charge in [0.05, 0.1) is 0 Å². The van der Waals surface area contributed by atoms with E-state index in [0.29, 0.717) is 11.7 Å². The molecule has 0 amide bonds. The van der Waals surface area contributed by atoms with Crippen LogP contribution in [0.25, 0.3) is 0 Å². The number of fused-ring (bicyclic) bond motifs is 2. The minimum Gasteiger partial charge on any atom is -0.299 e. The number of carbonyl (C=O) groups excluding carboxylic acids is 1. The highest BCUT2D eigenvalue weighted by Gasteiger charge is 2.39. The van der Waals surface area contributed by atoms with Crippen molar-refractivity contribution in [3.63, 3.8) is 0 Å². The Morgan fingerprint density at radius 1 is 1.07 bits per heavy atom. The molecule has 0 aromatic rings. The lowest BCUT2D eigenvalue weighted by Crippen LogP contribution is -2.11. The van der Waals surface area contributed by atoms with Gasteiger partial charge in [-0.1, -0.05) is 6.42 Å². The quantitative estimate of drug-likeness (QED) is 0.672. The summed E-state index contributed by atoms with van der Waals surface area (Å²) in [6.45, 7) is 0. The number of rotatable bonds is 5. The normalized spacial score (nSPS) is 38.5. The average molecular weight is 206 g/mol. The van der Waals surface area contributed by atoms with Gasteiger partial charge in [-0.05, 0) is 62.7 Å². The third-order valence-corrected chi connectivity index (χ3v) is 4.92. The van der Waals surface area contributed by atoms with Gasteiger partial charge in [-0.25, -0.2) is 0 Å². The van der Waals surface area contributed by atoms with E-state index in [4.69, 9.17) is 0 Å². The van der Waals surface area contributed by atoms with Crippen LogP contribution in [0.1, 0.15) is 57.8 Å². The van der Waals surface area contributed by atoms with Crippen molar-refractivity contribution < 1.29 is 4.79 Å². The number of hydrogen-bond acceptors (Lipinski definition) is 1. The highest BCUT2D eigenvalue weighted by atomic mass is 16.1. The highest BCUT2D eigenvalue weighted by Crippen LogP contribution is 2.50. The van der Waals surface area contributed by atoms with Gasteiger partial charge >= 0.3 is 0 Å². The molecule has 0 saturated heterocycles. The van der Waals surface area contributed by atoms with E-state index in [0.717, 1.165) is 24.2 Å². The van der Waals surface area contributed by atoms with Crippen molar-refractivity contribution in [1.82, 2.24) is 0 Å². The highest BCUT2D eigenvalue weighted by molar-refractivity contribution is 5.83. The van der Waals surface area contributed by atoms with Crippen molar-refractivity contribution >= 4 is 5.78 Å². The fraction of sp³-hybridized carbons (Fsp3) is 0.929. The van der Waals surface area contributed by atoms with E-state index in [1.807, 2.05) is 0 Å². The third kappa shape index (κ3) is 2.11. The summed E-state index contributed by atoms with van der Waals surface area (Å²) in [5.41, 5.74) is 0. The molecule has 3 aliphatic rings. The van der Waals surface area contributed by atoms with Crippen molar-refractivity contribution in [2.75, 3.05) is 0 Å². The molecule has 3 aliphatic carbocycles. The van der Waals surface area contributed by atoms with E-state index >= 15 is 0 Å². The molecule has 3 rings (SSSR count). The second-order valence-corrected chi connectivity index (χ2v) is 6.07. The summed E-state index contributed by atoms with van der Waals surface area (Å²) in [5.74, 6) is 4.17. The predicted octanol–water partition coefficient (Wildman–Crippen LogP) is 3.57. The van der Waals surface area contributed by atoms with Gasteiger partial charge in [0.25, 0.3) is 0 Å². The Hall–Kier alpha value is -0.330. The van der Waals surface area contributed by atoms with Crippen LogP contribution in [0, 0.1) is 23.7 Å². The van der Waals surface area contributed by atoms with Crippen molar-refractivity contribution in [3.05, 3.63) is 0 Å². The Balaban J connectivity index is 1.37. The molecule has 3 saturated carbocycles. The van der Waals surface area contributed by atoms with Crippen LogP contribution in [0.4, 0.5) is 0 Å². The summed E-state index contributed by atoms with van der Waals surface area (Å²) >= 11 is 0. The van der Waals surface area contributed by atoms with E-state index in [1.54, 1.807) is 0 Å².